The van der Waals surface area contributed by atoms with Crippen molar-refractivity contribution in [1.82, 2.24) is 19.4 Å². The molecule has 1 N–H and O–H groups in total. The minimum Gasteiger partial charge on any atom is -0.350 e. The number of carbonyl (C=O) groups excluding carboxylic acids is 1. The highest BCUT2D eigenvalue weighted by atomic mass is 19.1. The van der Waals surface area contributed by atoms with Gasteiger partial charge >= 0.3 is 5.69 Å². The smallest absolute Gasteiger partial charge is 0.330 e. The highest BCUT2D eigenvalue weighted by Crippen LogP contribution is 2.08. The summed E-state index contributed by atoms with van der Waals surface area (Å²) in [5.74, 6) is -0.680. The summed E-state index contributed by atoms with van der Waals surface area (Å²) in [5, 5.41) is 2.68. The number of aromatic nitrogens is 3. The van der Waals surface area contributed by atoms with Crippen LogP contribution in [-0.4, -0.2) is 20.0 Å². The van der Waals surface area contributed by atoms with Crippen molar-refractivity contribution in [2.45, 2.75) is 13.1 Å². The summed E-state index contributed by atoms with van der Waals surface area (Å²) in [6.45, 7) is 0.0888. The van der Waals surface area contributed by atoms with Gasteiger partial charge in [0.15, 0.2) is 5.65 Å². The van der Waals surface area contributed by atoms with Crippen molar-refractivity contribution in [2.24, 2.45) is 7.05 Å². The summed E-state index contributed by atoms with van der Waals surface area (Å²) in [7, 11) is 1.61. The number of fused-ring (bicyclic) bond motifs is 1. The number of imidazole rings is 1. The molecule has 0 aliphatic heterocycles. The summed E-state index contributed by atoms with van der Waals surface area (Å²) in [5.41, 5.74) is 1.47. The van der Waals surface area contributed by atoms with Gasteiger partial charge < -0.3 is 5.32 Å². The molecule has 0 saturated heterocycles. The number of hydrogen-bond acceptors (Lipinski definition) is 3. The van der Waals surface area contributed by atoms with Crippen LogP contribution in [0.3, 0.4) is 0 Å². The molecule has 7 heteroatoms. The van der Waals surface area contributed by atoms with Gasteiger partial charge in [0.05, 0.1) is 5.52 Å². The zero-order valence-electron chi connectivity index (χ0n) is 12.5. The molecule has 2 aromatic heterocycles. The number of nitrogens with one attached hydrogen (secondary N) is 1. The molecule has 0 bridgehead atoms. The van der Waals surface area contributed by atoms with E-state index in [2.05, 4.69) is 10.3 Å². The lowest BCUT2D eigenvalue weighted by atomic mass is 10.2. The van der Waals surface area contributed by atoms with E-state index in [0.29, 0.717) is 16.7 Å². The average Bonchev–Trinajstić information content (AvgIpc) is 2.79. The lowest BCUT2D eigenvalue weighted by Gasteiger charge is -2.06. The number of hydrogen-bond donors (Lipinski definition) is 1. The van der Waals surface area contributed by atoms with Gasteiger partial charge in [-0.3, -0.25) is 13.9 Å². The second kappa shape index (κ2) is 6.04. The quantitative estimate of drug-likeness (QED) is 0.786. The number of amides is 1. The number of carbonyl (C=O) groups is 1. The Balaban J connectivity index is 1.76. The van der Waals surface area contributed by atoms with E-state index in [1.165, 1.54) is 21.3 Å². The molecule has 23 heavy (non-hydrogen) atoms. The van der Waals surface area contributed by atoms with Crippen molar-refractivity contribution >= 4 is 17.1 Å². The van der Waals surface area contributed by atoms with E-state index in [0.717, 1.165) is 0 Å². The molecule has 3 aromatic rings. The molecule has 0 spiro atoms. The molecule has 0 aliphatic rings. The third-order valence-corrected chi connectivity index (χ3v) is 3.57. The van der Waals surface area contributed by atoms with Crippen molar-refractivity contribution < 1.29 is 9.18 Å². The zero-order chi connectivity index (χ0) is 16.4. The molecular weight excluding hydrogens is 299 g/mol. The van der Waals surface area contributed by atoms with E-state index in [4.69, 9.17) is 0 Å². The molecule has 1 amide bonds. The van der Waals surface area contributed by atoms with Gasteiger partial charge in [-0.25, -0.2) is 14.2 Å². The summed E-state index contributed by atoms with van der Waals surface area (Å²) >= 11 is 0. The van der Waals surface area contributed by atoms with E-state index >= 15 is 0 Å². The normalized spacial score (nSPS) is 10.9. The van der Waals surface area contributed by atoms with Crippen LogP contribution in [0.1, 0.15) is 5.56 Å². The van der Waals surface area contributed by atoms with Gasteiger partial charge in [-0.15, -0.1) is 0 Å². The minimum absolute atomic E-state index is 0.114. The second-order valence-corrected chi connectivity index (χ2v) is 5.18. The molecule has 1 aromatic carbocycles. The SMILES string of the molecule is Cn1c(=O)n(CC(=O)NCc2cccc(F)c2)c2cccnc21. The summed E-state index contributed by atoms with van der Waals surface area (Å²) in [4.78, 5) is 28.4. The van der Waals surface area contributed by atoms with Gasteiger partial charge in [0.25, 0.3) is 0 Å². The van der Waals surface area contributed by atoms with Crippen LogP contribution in [0.15, 0.2) is 47.4 Å². The Bertz CT molecular complexity index is 929. The number of benzene rings is 1. The first-order valence-corrected chi connectivity index (χ1v) is 7.07. The van der Waals surface area contributed by atoms with E-state index < -0.39 is 0 Å². The number of aryl methyl sites for hydroxylation is 1. The monoisotopic (exact) mass is 314 g/mol. The second-order valence-electron chi connectivity index (χ2n) is 5.18. The molecule has 0 radical (unpaired) electrons. The molecule has 118 valence electrons. The van der Waals surface area contributed by atoms with Gasteiger partial charge in [-0.05, 0) is 29.8 Å². The Labute approximate surface area is 131 Å². The maximum Gasteiger partial charge on any atom is 0.330 e. The number of halogens is 1. The standard InChI is InChI=1S/C16H15FN4O2/c1-20-15-13(6-3-7-18-15)21(16(20)23)10-14(22)19-9-11-4-2-5-12(17)8-11/h2-8H,9-10H2,1H3,(H,19,22). The topological polar surface area (TPSA) is 68.9 Å². The Morgan fingerprint density at radius 1 is 1.30 bits per heavy atom. The van der Waals surface area contributed by atoms with Crippen LogP contribution in [0.25, 0.3) is 11.2 Å². The Morgan fingerprint density at radius 3 is 2.91 bits per heavy atom. The van der Waals surface area contributed by atoms with E-state index in [-0.39, 0.29) is 30.5 Å². The lowest BCUT2D eigenvalue weighted by Crippen LogP contribution is -2.32. The zero-order valence-corrected chi connectivity index (χ0v) is 12.5. The molecule has 3 rings (SSSR count). The van der Waals surface area contributed by atoms with Crippen molar-refractivity contribution in [2.75, 3.05) is 0 Å². The average molecular weight is 314 g/mol. The van der Waals surface area contributed by atoms with Crippen LogP contribution in [0, 0.1) is 5.82 Å². The third kappa shape index (κ3) is 2.98. The highest BCUT2D eigenvalue weighted by molar-refractivity contribution is 5.79. The Kier molecular flexibility index (Phi) is 3.92. The molecule has 0 aliphatic carbocycles. The van der Waals surface area contributed by atoms with Gasteiger partial charge in [-0.1, -0.05) is 12.1 Å². The van der Waals surface area contributed by atoms with Crippen LogP contribution < -0.4 is 11.0 Å². The Hall–Kier alpha value is -2.96. The summed E-state index contributed by atoms with van der Waals surface area (Å²) in [6.07, 6.45) is 1.59. The lowest BCUT2D eigenvalue weighted by molar-refractivity contribution is -0.121. The van der Waals surface area contributed by atoms with Crippen LogP contribution in [-0.2, 0) is 24.9 Å². The molecule has 0 atom stereocenters. The van der Waals surface area contributed by atoms with Crippen LogP contribution in [0.4, 0.5) is 4.39 Å². The number of nitrogens with zero attached hydrogens (tertiary/aromatic N) is 3. The maximum atomic E-state index is 13.1. The van der Waals surface area contributed by atoms with Crippen molar-refractivity contribution in [1.29, 1.82) is 0 Å². The van der Waals surface area contributed by atoms with E-state index in [1.807, 2.05) is 0 Å². The fraction of sp³-hybridized carbons (Fsp3) is 0.188. The number of pyridine rings is 1. The summed E-state index contributed by atoms with van der Waals surface area (Å²) in [6, 6.07) is 9.45. The van der Waals surface area contributed by atoms with Crippen LogP contribution >= 0.6 is 0 Å². The first-order valence-electron chi connectivity index (χ1n) is 7.07. The predicted octanol–water partition coefficient (Wildman–Crippen LogP) is 1.19. The van der Waals surface area contributed by atoms with Crippen LogP contribution in [0.5, 0.6) is 0 Å². The highest BCUT2D eigenvalue weighted by Gasteiger charge is 2.13. The molecular formula is C16H15FN4O2. The van der Waals surface area contributed by atoms with Gasteiger partial charge in [0.2, 0.25) is 5.91 Å². The van der Waals surface area contributed by atoms with Gasteiger partial charge in [-0.2, -0.15) is 0 Å². The predicted molar refractivity (Wildman–Crippen MR) is 83.2 cm³/mol. The molecule has 0 unspecified atom stereocenters. The molecule has 2 heterocycles. The Morgan fingerprint density at radius 2 is 2.13 bits per heavy atom. The fourth-order valence-electron chi connectivity index (χ4n) is 2.43. The van der Waals surface area contributed by atoms with Crippen molar-refractivity contribution in [3.8, 4) is 0 Å². The number of rotatable bonds is 4. The fourth-order valence-corrected chi connectivity index (χ4v) is 2.43. The van der Waals surface area contributed by atoms with Crippen molar-refractivity contribution in [3.63, 3.8) is 0 Å². The summed E-state index contributed by atoms with van der Waals surface area (Å²) < 4.78 is 15.9. The first kappa shape index (κ1) is 15.0. The molecule has 6 nitrogen and oxygen atoms in total. The maximum absolute atomic E-state index is 13.1. The van der Waals surface area contributed by atoms with Crippen molar-refractivity contribution in [3.05, 3.63) is 64.5 Å². The molecule has 0 saturated carbocycles. The largest absolute Gasteiger partial charge is 0.350 e. The molecule has 0 fully saturated rings. The minimum atomic E-state index is -0.354. The third-order valence-electron chi connectivity index (χ3n) is 3.57. The van der Waals surface area contributed by atoms with E-state index in [1.54, 1.807) is 37.5 Å². The van der Waals surface area contributed by atoms with Gasteiger partial charge in [0.1, 0.15) is 12.4 Å². The van der Waals surface area contributed by atoms with Gasteiger partial charge in [0, 0.05) is 19.8 Å². The van der Waals surface area contributed by atoms with E-state index in [9.17, 15) is 14.0 Å². The van der Waals surface area contributed by atoms with Crippen LogP contribution in [0.2, 0.25) is 0 Å². The first-order chi connectivity index (χ1) is 11.1.